The number of aryl methyl sites for hydroxylation is 1. The van der Waals surface area contributed by atoms with Crippen LogP contribution in [0.25, 0.3) is 0 Å². The highest BCUT2D eigenvalue weighted by Gasteiger charge is 2.15. The minimum Gasteiger partial charge on any atom is -0.238 e. The van der Waals surface area contributed by atoms with Gasteiger partial charge in [-0.2, -0.15) is 0 Å². The summed E-state index contributed by atoms with van der Waals surface area (Å²) < 4.78 is 0. The molecule has 1 aromatic heterocycles. The Hall–Kier alpha value is -1.18. The van der Waals surface area contributed by atoms with E-state index in [0.717, 1.165) is 12.2 Å². The van der Waals surface area contributed by atoms with Crippen LogP contribution in [0.1, 0.15) is 70.3 Å². The van der Waals surface area contributed by atoms with Gasteiger partial charge in [-0.3, -0.25) is 0 Å². The summed E-state index contributed by atoms with van der Waals surface area (Å²) in [6.45, 7) is 4.41. The summed E-state index contributed by atoms with van der Waals surface area (Å²) in [6.07, 6.45) is 13.8. The molecule has 1 saturated carbocycles. The van der Waals surface area contributed by atoms with Crippen LogP contribution in [0.3, 0.4) is 0 Å². The standard InChI is InChI=1S/C18H28N2/c1-3-16-12-8-6-4-5-7-9-13-17(16)20-18-15(2)11-10-14-19-18/h10-11,14,16H,3-9,12-13H2,1-2H3/b20-17+. The highest BCUT2D eigenvalue weighted by molar-refractivity contribution is 5.88. The monoisotopic (exact) mass is 272 g/mol. The molecule has 0 spiro atoms. The predicted octanol–water partition coefficient (Wildman–Crippen LogP) is 5.62. The Bertz CT molecular complexity index is 437. The first-order chi connectivity index (χ1) is 9.81. The Labute approximate surface area is 123 Å². The van der Waals surface area contributed by atoms with Gasteiger partial charge in [-0.15, -0.1) is 0 Å². The topological polar surface area (TPSA) is 25.2 Å². The van der Waals surface area contributed by atoms with Crippen LogP contribution < -0.4 is 0 Å². The molecule has 0 N–H and O–H groups in total. The lowest BCUT2D eigenvalue weighted by atomic mass is 9.88. The molecule has 0 aromatic carbocycles. The minimum absolute atomic E-state index is 0.662. The van der Waals surface area contributed by atoms with Gasteiger partial charge in [0, 0.05) is 11.9 Å². The maximum atomic E-state index is 4.95. The fraction of sp³-hybridized carbons (Fsp3) is 0.667. The number of rotatable bonds is 2. The van der Waals surface area contributed by atoms with Crippen LogP contribution in [0.5, 0.6) is 0 Å². The molecule has 0 saturated heterocycles. The van der Waals surface area contributed by atoms with Gasteiger partial charge >= 0.3 is 0 Å². The Morgan fingerprint density at radius 2 is 1.90 bits per heavy atom. The number of aliphatic imine (C=N–C) groups is 1. The van der Waals surface area contributed by atoms with Gasteiger partial charge < -0.3 is 0 Å². The van der Waals surface area contributed by atoms with E-state index in [1.807, 2.05) is 12.3 Å². The predicted molar refractivity (Wildman–Crippen MR) is 86.8 cm³/mol. The Morgan fingerprint density at radius 3 is 2.65 bits per heavy atom. The Morgan fingerprint density at radius 1 is 1.15 bits per heavy atom. The van der Waals surface area contributed by atoms with E-state index in [1.165, 1.54) is 62.6 Å². The van der Waals surface area contributed by atoms with Crippen molar-refractivity contribution in [2.75, 3.05) is 0 Å². The second-order valence-electron chi connectivity index (χ2n) is 6.01. The molecule has 0 bridgehead atoms. The number of nitrogens with zero attached hydrogens (tertiary/aromatic N) is 2. The van der Waals surface area contributed by atoms with Crippen LogP contribution in [-0.4, -0.2) is 10.7 Å². The Kier molecular flexibility index (Phi) is 6.23. The van der Waals surface area contributed by atoms with Gasteiger partial charge in [0.2, 0.25) is 0 Å². The third-order valence-corrected chi connectivity index (χ3v) is 4.43. The molecule has 20 heavy (non-hydrogen) atoms. The zero-order chi connectivity index (χ0) is 14.2. The van der Waals surface area contributed by atoms with Crippen molar-refractivity contribution in [3.05, 3.63) is 23.9 Å². The van der Waals surface area contributed by atoms with Crippen molar-refractivity contribution in [2.45, 2.75) is 71.6 Å². The summed E-state index contributed by atoms with van der Waals surface area (Å²) in [5, 5.41) is 0. The number of pyridine rings is 1. The number of aromatic nitrogens is 1. The fourth-order valence-corrected chi connectivity index (χ4v) is 3.09. The van der Waals surface area contributed by atoms with Crippen molar-refractivity contribution in [3.8, 4) is 0 Å². The maximum absolute atomic E-state index is 4.95. The minimum atomic E-state index is 0.662. The fourth-order valence-electron chi connectivity index (χ4n) is 3.09. The molecule has 1 fully saturated rings. The lowest BCUT2D eigenvalue weighted by Gasteiger charge is -2.19. The smallest absolute Gasteiger partial charge is 0.154 e. The number of hydrogen-bond donors (Lipinski definition) is 0. The quantitative estimate of drug-likeness (QED) is 0.685. The first kappa shape index (κ1) is 15.2. The van der Waals surface area contributed by atoms with Crippen molar-refractivity contribution in [1.29, 1.82) is 0 Å². The molecule has 1 heterocycles. The van der Waals surface area contributed by atoms with E-state index in [2.05, 4.69) is 24.9 Å². The molecule has 1 unspecified atom stereocenters. The zero-order valence-corrected chi connectivity index (χ0v) is 13.1. The molecule has 1 aromatic rings. The van der Waals surface area contributed by atoms with Gasteiger partial charge in [0.05, 0.1) is 0 Å². The second-order valence-corrected chi connectivity index (χ2v) is 6.01. The van der Waals surface area contributed by atoms with E-state index >= 15 is 0 Å². The van der Waals surface area contributed by atoms with Crippen molar-refractivity contribution in [1.82, 2.24) is 4.98 Å². The zero-order valence-electron chi connectivity index (χ0n) is 13.1. The average molecular weight is 272 g/mol. The molecule has 0 radical (unpaired) electrons. The molecular formula is C18H28N2. The Balaban J connectivity index is 2.19. The molecule has 2 rings (SSSR count). The molecule has 2 nitrogen and oxygen atoms in total. The van der Waals surface area contributed by atoms with Gasteiger partial charge in [0.25, 0.3) is 0 Å². The van der Waals surface area contributed by atoms with Gasteiger partial charge in [-0.25, -0.2) is 9.98 Å². The van der Waals surface area contributed by atoms with E-state index < -0.39 is 0 Å². The lowest BCUT2D eigenvalue weighted by molar-refractivity contribution is 0.504. The van der Waals surface area contributed by atoms with Crippen molar-refractivity contribution in [3.63, 3.8) is 0 Å². The van der Waals surface area contributed by atoms with Gasteiger partial charge in [-0.05, 0) is 50.2 Å². The highest BCUT2D eigenvalue weighted by atomic mass is 14.9. The normalized spacial score (nSPS) is 23.7. The van der Waals surface area contributed by atoms with Gasteiger partial charge in [-0.1, -0.05) is 45.1 Å². The maximum Gasteiger partial charge on any atom is 0.154 e. The van der Waals surface area contributed by atoms with E-state index in [0.29, 0.717) is 5.92 Å². The van der Waals surface area contributed by atoms with E-state index in [9.17, 15) is 0 Å². The van der Waals surface area contributed by atoms with Crippen LogP contribution in [0.4, 0.5) is 5.82 Å². The first-order valence-electron chi connectivity index (χ1n) is 8.30. The van der Waals surface area contributed by atoms with Crippen LogP contribution in [0.15, 0.2) is 23.3 Å². The molecule has 0 amide bonds. The van der Waals surface area contributed by atoms with Gasteiger partial charge in [0.1, 0.15) is 0 Å². The third-order valence-electron chi connectivity index (χ3n) is 4.43. The second kappa shape index (κ2) is 8.18. The summed E-state index contributed by atoms with van der Waals surface area (Å²) >= 11 is 0. The van der Waals surface area contributed by atoms with Crippen LogP contribution in [0, 0.1) is 12.8 Å². The molecule has 2 heteroatoms. The molecule has 0 aliphatic heterocycles. The number of hydrogen-bond acceptors (Lipinski definition) is 2. The van der Waals surface area contributed by atoms with Crippen molar-refractivity contribution in [2.24, 2.45) is 10.9 Å². The van der Waals surface area contributed by atoms with Gasteiger partial charge in [0.15, 0.2) is 5.82 Å². The van der Waals surface area contributed by atoms with E-state index in [4.69, 9.17) is 4.99 Å². The van der Waals surface area contributed by atoms with E-state index in [-0.39, 0.29) is 0 Å². The highest BCUT2D eigenvalue weighted by Crippen LogP contribution is 2.25. The summed E-state index contributed by atoms with van der Waals surface area (Å²) in [4.78, 5) is 9.40. The summed E-state index contributed by atoms with van der Waals surface area (Å²) in [5.41, 5.74) is 2.59. The lowest BCUT2D eigenvalue weighted by Crippen LogP contribution is -2.15. The van der Waals surface area contributed by atoms with Crippen molar-refractivity contribution < 1.29 is 0 Å². The first-order valence-corrected chi connectivity index (χ1v) is 8.30. The molecule has 1 aliphatic carbocycles. The van der Waals surface area contributed by atoms with Crippen molar-refractivity contribution >= 4 is 11.5 Å². The van der Waals surface area contributed by atoms with E-state index in [1.54, 1.807) is 0 Å². The van der Waals surface area contributed by atoms with Crippen LogP contribution in [0.2, 0.25) is 0 Å². The molecule has 110 valence electrons. The van der Waals surface area contributed by atoms with Crippen LogP contribution in [-0.2, 0) is 0 Å². The molecule has 1 atom stereocenters. The average Bonchev–Trinajstić information content (AvgIpc) is 2.47. The largest absolute Gasteiger partial charge is 0.238 e. The molecule has 1 aliphatic rings. The van der Waals surface area contributed by atoms with Crippen LogP contribution >= 0.6 is 0 Å². The summed E-state index contributed by atoms with van der Waals surface area (Å²) in [5.74, 6) is 1.59. The summed E-state index contributed by atoms with van der Waals surface area (Å²) in [6, 6.07) is 4.09. The SMILES string of the molecule is CCC1CCCCCCCC/C1=N\c1ncccc1C. The third kappa shape index (κ3) is 4.43. The molecular weight excluding hydrogens is 244 g/mol. The summed E-state index contributed by atoms with van der Waals surface area (Å²) in [7, 11) is 0.